The number of rotatable bonds is 4. The number of carbonyl (C=O) groups excluding carboxylic acids is 1. The fourth-order valence-electron chi connectivity index (χ4n) is 2.87. The monoisotopic (exact) mass is 305 g/mol. The van der Waals surface area contributed by atoms with Gasteiger partial charge in [-0.3, -0.25) is 9.69 Å². The highest BCUT2D eigenvalue weighted by Crippen LogP contribution is 2.23. The molecular formula is C14H19N5OS. The van der Waals surface area contributed by atoms with Crippen molar-refractivity contribution < 1.29 is 4.79 Å². The van der Waals surface area contributed by atoms with Crippen LogP contribution in [-0.4, -0.2) is 46.9 Å². The molecule has 1 unspecified atom stereocenters. The van der Waals surface area contributed by atoms with Gasteiger partial charge in [-0.25, -0.2) is 4.98 Å². The van der Waals surface area contributed by atoms with Crippen LogP contribution in [0.1, 0.15) is 24.1 Å². The van der Waals surface area contributed by atoms with E-state index in [0.717, 1.165) is 26.1 Å². The largest absolute Gasteiger partial charge is 0.310 e. The molecule has 3 rings (SSSR count). The van der Waals surface area contributed by atoms with Gasteiger partial charge in [-0.05, 0) is 32.4 Å². The quantitative estimate of drug-likeness (QED) is 0.853. The summed E-state index contributed by atoms with van der Waals surface area (Å²) in [5, 5.41) is 12.4. The summed E-state index contributed by atoms with van der Waals surface area (Å²) in [5.74, 6) is -0.120. The Balaban J connectivity index is 1.52. The number of nitrogens with zero attached hydrogens (tertiary/aromatic N) is 4. The lowest BCUT2D eigenvalue weighted by Gasteiger charge is -2.12. The zero-order valence-electron chi connectivity index (χ0n) is 11.9. The topological polar surface area (TPSA) is 72.3 Å². The molecule has 0 aliphatic carbocycles. The first-order chi connectivity index (χ1) is 10.2. The van der Waals surface area contributed by atoms with Crippen LogP contribution in [0.25, 0.3) is 0 Å². The predicted molar refractivity (Wildman–Crippen MR) is 80.5 cm³/mol. The minimum absolute atomic E-state index is 0.0187. The van der Waals surface area contributed by atoms with Gasteiger partial charge >= 0.3 is 0 Å². The van der Waals surface area contributed by atoms with E-state index in [-0.39, 0.29) is 11.8 Å². The van der Waals surface area contributed by atoms with Gasteiger partial charge in [0.2, 0.25) is 5.91 Å². The molecule has 1 aromatic heterocycles. The Bertz CT molecular complexity index is 546. The lowest BCUT2D eigenvalue weighted by atomic mass is 10.1. The third-order valence-electron chi connectivity index (χ3n) is 4.06. The number of nitrogens with one attached hydrogen (secondary N) is 1. The summed E-state index contributed by atoms with van der Waals surface area (Å²) in [6.45, 7) is 4.44. The van der Waals surface area contributed by atoms with E-state index < -0.39 is 0 Å². The van der Waals surface area contributed by atoms with E-state index in [2.05, 4.69) is 21.4 Å². The van der Waals surface area contributed by atoms with Gasteiger partial charge in [0.25, 0.3) is 0 Å². The molecule has 1 aromatic rings. The number of hydrogen-bond donors (Lipinski definition) is 1. The van der Waals surface area contributed by atoms with Crippen LogP contribution in [0.15, 0.2) is 6.20 Å². The first-order valence-corrected chi connectivity index (χ1v) is 8.19. The zero-order valence-corrected chi connectivity index (χ0v) is 12.7. The fourth-order valence-corrected chi connectivity index (χ4v) is 3.73. The summed E-state index contributed by atoms with van der Waals surface area (Å²) < 4.78 is 0. The molecule has 2 aliphatic heterocycles. The van der Waals surface area contributed by atoms with Crippen molar-refractivity contribution in [2.24, 2.45) is 5.92 Å². The van der Waals surface area contributed by atoms with Crippen molar-refractivity contribution in [2.75, 3.05) is 31.5 Å². The van der Waals surface area contributed by atoms with E-state index in [0.29, 0.717) is 18.2 Å². The van der Waals surface area contributed by atoms with Gasteiger partial charge in [0.1, 0.15) is 0 Å². The summed E-state index contributed by atoms with van der Waals surface area (Å²) in [5.41, 5.74) is 0. The zero-order chi connectivity index (χ0) is 14.7. The molecule has 6 nitrogen and oxygen atoms in total. The van der Waals surface area contributed by atoms with Crippen molar-refractivity contribution in [1.82, 2.24) is 14.8 Å². The maximum atomic E-state index is 12.1. The number of carbonyl (C=O) groups is 1. The fraction of sp³-hybridized carbons (Fsp3) is 0.643. The maximum Gasteiger partial charge on any atom is 0.231 e. The van der Waals surface area contributed by atoms with Crippen LogP contribution in [0.4, 0.5) is 5.13 Å². The molecular weight excluding hydrogens is 286 g/mol. The Morgan fingerprint density at radius 3 is 3.00 bits per heavy atom. The van der Waals surface area contributed by atoms with Crippen molar-refractivity contribution in [3.8, 4) is 6.19 Å². The molecule has 0 radical (unpaired) electrons. The average molecular weight is 305 g/mol. The van der Waals surface area contributed by atoms with Gasteiger partial charge in [-0.15, -0.1) is 11.3 Å². The molecule has 2 aliphatic rings. The average Bonchev–Trinajstić information content (AvgIpc) is 3.20. The summed E-state index contributed by atoms with van der Waals surface area (Å²) >= 11 is 1.55. The Kier molecular flexibility index (Phi) is 4.36. The van der Waals surface area contributed by atoms with Crippen molar-refractivity contribution in [3.63, 3.8) is 0 Å². The molecule has 0 spiro atoms. The molecule has 21 heavy (non-hydrogen) atoms. The van der Waals surface area contributed by atoms with Crippen LogP contribution in [-0.2, 0) is 11.3 Å². The number of thiazole rings is 1. The van der Waals surface area contributed by atoms with E-state index in [1.807, 2.05) is 6.20 Å². The molecule has 7 heteroatoms. The second-order valence-electron chi connectivity index (χ2n) is 5.64. The van der Waals surface area contributed by atoms with E-state index >= 15 is 0 Å². The summed E-state index contributed by atoms with van der Waals surface area (Å²) in [4.78, 5) is 21.7. The molecule has 3 heterocycles. The maximum absolute atomic E-state index is 12.1. The van der Waals surface area contributed by atoms with Crippen molar-refractivity contribution in [1.29, 1.82) is 5.26 Å². The molecule has 0 bridgehead atoms. The second-order valence-corrected chi connectivity index (χ2v) is 6.75. The number of hydrogen-bond acceptors (Lipinski definition) is 6. The van der Waals surface area contributed by atoms with Gasteiger partial charge in [-0.2, -0.15) is 5.26 Å². The Hall–Kier alpha value is -1.65. The summed E-state index contributed by atoms with van der Waals surface area (Å²) in [6.07, 6.45) is 7.24. The lowest BCUT2D eigenvalue weighted by molar-refractivity contribution is -0.119. The van der Waals surface area contributed by atoms with E-state index in [4.69, 9.17) is 5.26 Å². The van der Waals surface area contributed by atoms with Crippen LogP contribution in [0.5, 0.6) is 0 Å². The standard InChI is InChI=1S/C14H19N5OS/c15-10-19-6-3-11(8-19)13(20)17-14-16-7-12(21-14)9-18-4-1-2-5-18/h7,11H,1-6,8-9H2,(H,16,17,20). The van der Waals surface area contributed by atoms with E-state index in [1.54, 1.807) is 16.2 Å². The van der Waals surface area contributed by atoms with Gasteiger partial charge in [0.15, 0.2) is 11.3 Å². The van der Waals surface area contributed by atoms with E-state index in [9.17, 15) is 4.79 Å². The number of aromatic nitrogens is 1. The smallest absolute Gasteiger partial charge is 0.231 e. The third kappa shape index (κ3) is 3.52. The van der Waals surface area contributed by atoms with Crippen LogP contribution in [0.2, 0.25) is 0 Å². The predicted octanol–water partition coefficient (Wildman–Crippen LogP) is 1.48. The first-order valence-electron chi connectivity index (χ1n) is 7.37. The number of likely N-dealkylation sites (tertiary alicyclic amines) is 2. The van der Waals surface area contributed by atoms with Gasteiger partial charge in [-0.1, -0.05) is 0 Å². The van der Waals surface area contributed by atoms with E-state index in [1.165, 1.54) is 17.7 Å². The third-order valence-corrected chi connectivity index (χ3v) is 4.96. The number of nitriles is 1. The number of amides is 1. The highest BCUT2D eigenvalue weighted by Gasteiger charge is 2.28. The minimum atomic E-state index is -0.101. The second kappa shape index (κ2) is 6.41. The van der Waals surface area contributed by atoms with Gasteiger partial charge in [0, 0.05) is 30.7 Å². The molecule has 2 saturated heterocycles. The van der Waals surface area contributed by atoms with Gasteiger partial charge < -0.3 is 10.2 Å². The van der Waals surface area contributed by atoms with Crippen molar-refractivity contribution in [2.45, 2.75) is 25.8 Å². The SMILES string of the molecule is N#CN1CCC(C(=O)Nc2ncc(CN3CCCC3)s2)C1. The Morgan fingerprint density at radius 1 is 1.48 bits per heavy atom. The Morgan fingerprint density at radius 2 is 2.29 bits per heavy atom. The number of anilines is 1. The van der Waals surface area contributed by atoms with Crippen LogP contribution in [0, 0.1) is 17.4 Å². The lowest BCUT2D eigenvalue weighted by Crippen LogP contribution is -2.25. The molecule has 1 atom stereocenters. The normalized spacial score (nSPS) is 22.4. The highest BCUT2D eigenvalue weighted by molar-refractivity contribution is 7.15. The first kappa shape index (κ1) is 14.3. The van der Waals surface area contributed by atoms with Crippen molar-refractivity contribution in [3.05, 3.63) is 11.1 Å². The van der Waals surface area contributed by atoms with Gasteiger partial charge in [0.05, 0.1) is 5.92 Å². The molecule has 0 saturated carbocycles. The molecule has 2 fully saturated rings. The Labute approximate surface area is 128 Å². The van der Waals surface area contributed by atoms with Crippen molar-refractivity contribution >= 4 is 22.4 Å². The molecule has 112 valence electrons. The highest BCUT2D eigenvalue weighted by atomic mass is 32.1. The summed E-state index contributed by atoms with van der Waals surface area (Å²) in [6, 6.07) is 0. The summed E-state index contributed by atoms with van der Waals surface area (Å²) in [7, 11) is 0. The molecule has 1 N–H and O–H groups in total. The molecule has 1 amide bonds. The van der Waals surface area contributed by atoms with Crippen LogP contribution in [0.3, 0.4) is 0 Å². The van der Waals surface area contributed by atoms with Crippen LogP contribution >= 0.6 is 11.3 Å². The van der Waals surface area contributed by atoms with Crippen LogP contribution < -0.4 is 5.32 Å². The minimum Gasteiger partial charge on any atom is -0.310 e. The molecule has 0 aromatic carbocycles.